The van der Waals surface area contributed by atoms with Crippen LogP contribution in [0.25, 0.3) is 22.4 Å². The summed E-state index contributed by atoms with van der Waals surface area (Å²) in [6, 6.07) is 3.60. The molecule has 8 nitrogen and oxygen atoms in total. The summed E-state index contributed by atoms with van der Waals surface area (Å²) in [4.78, 5) is 24.1. The van der Waals surface area contributed by atoms with E-state index in [0.717, 1.165) is 73.2 Å². The largest absolute Gasteiger partial charge is 0.368 e. The molecule has 2 atom stereocenters. The maximum absolute atomic E-state index is 14.8. The highest BCUT2D eigenvalue weighted by Gasteiger charge is 2.28. The van der Waals surface area contributed by atoms with Crippen LogP contribution in [-0.2, 0) is 11.2 Å². The molecular weight excluding hydrogens is 459 g/mol. The van der Waals surface area contributed by atoms with Crippen LogP contribution in [0.1, 0.15) is 56.5 Å². The fraction of sp³-hybridized carbons (Fsp3) is 0.556. The predicted molar refractivity (Wildman–Crippen MR) is 139 cm³/mol. The fourth-order valence-electron chi connectivity index (χ4n) is 5.17. The van der Waals surface area contributed by atoms with E-state index in [0.29, 0.717) is 23.1 Å². The zero-order valence-corrected chi connectivity index (χ0v) is 22.0. The number of nitrogens with zero attached hydrogens (tertiary/aromatic N) is 5. The van der Waals surface area contributed by atoms with Crippen LogP contribution in [0.5, 0.6) is 0 Å². The van der Waals surface area contributed by atoms with Gasteiger partial charge in [0.1, 0.15) is 17.2 Å². The van der Waals surface area contributed by atoms with Crippen LogP contribution in [0.2, 0.25) is 0 Å². The number of primary amides is 1. The number of hydrogen-bond acceptors (Lipinski definition) is 7. The van der Waals surface area contributed by atoms with E-state index in [2.05, 4.69) is 22.0 Å². The fourth-order valence-corrected chi connectivity index (χ4v) is 5.17. The molecule has 2 saturated heterocycles. The Kier molecular flexibility index (Phi) is 7.88. The molecule has 0 bridgehead atoms. The standard InChI is InChI=1S/C20H23FN4O.C7H14N2O/c1-5-14-8-15-12(3)17(20-22-13(4)24-26-20)19(23-18(15)16(21)9-14)25-7-6-11(2)10-25;1-9-5-3-2-4-6(9)7(8)10/h8-9,11H,5-7,10H2,1-4H3;6H,2-5H2,1H3,(H2,8,10). The first-order valence-corrected chi connectivity index (χ1v) is 12.9. The van der Waals surface area contributed by atoms with Gasteiger partial charge in [-0.25, -0.2) is 9.37 Å². The highest BCUT2D eigenvalue weighted by Crippen LogP contribution is 2.38. The average molecular weight is 497 g/mol. The van der Waals surface area contributed by atoms with Gasteiger partial charge < -0.3 is 15.2 Å². The third-order valence-electron chi connectivity index (χ3n) is 7.32. The Morgan fingerprint density at radius 3 is 2.53 bits per heavy atom. The Bertz CT molecular complexity index is 1240. The Hall–Kier alpha value is -3.07. The number of likely N-dealkylation sites (tertiary alicyclic amines) is 1. The van der Waals surface area contributed by atoms with Crippen molar-refractivity contribution >= 4 is 22.6 Å². The summed E-state index contributed by atoms with van der Waals surface area (Å²) in [7, 11) is 1.95. The number of carbonyl (C=O) groups is 1. The lowest BCUT2D eigenvalue weighted by Gasteiger charge is -2.29. The van der Waals surface area contributed by atoms with Gasteiger partial charge in [0.2, 0.25) is 5.91 Å². The molecule has 0 aliphatic carbocycles. The molecule has 2 aliphatic rings. The lowest BCUT2D eigenvalue weighted by Crippen LogP contribution is -2.45. The third kappa shape index (κ3) is 5.36. The van der Waals surface area contributed by atoms with Crippen LogP contribution in [-0.4, -0.2) is 58.7 Å². The second-order valence-corrected chi connectivity index (χ2v) is 10.1. The predicted octanol–water partition coefficient (Wildman–Crippen LogP) is 4.41. The van der Waals surface area contributed by atoms with Crippen molar-refractivity contribution in [2.75, 3.05) is 31.6 Å². The van der Waals surface area contributed by atoms with Gasteiger partial charge in [-0.05, 0) is 82.3 Å². The minimum Gasteiger partial charge on any atom is -0.368 e. The summed E-state index contributed by atoms with van der Waals surface area (Å²) in [6.45, 7) is 10.8. The zero-order valence-electron chi connectivity index (χ0n) is 22.0. The van der Waals surface area contributed by atoms with Crippen molar-refractivity contribution < 1.29 is 13.7 Å². The van der Waals surface area contributed by atoms with E-state index in [1.165, 1.54) is 6.42 Å². The molecule has 2 aliphatic heterocycles. The quantitative estimate of drug-likeness (QED) is 0.571. The van der Waals surface area contributed by atoms with Crippen LogP contribution in [0.4, 0.5) is 10.2 Å². The number of amides is 1. The topological polar surface area (TPSA) is 101 Å². The Morgan fingerprint density at radius 2 is 1.97 bits per heavy atom. The van der Waals surface area contributed by atoms with Crippen LogP contribution in [0.15, 0.2) is 16.7 Å². The molecule has 2 N–H and O–H groups in total. The highest BCUT2D eigenvalue weighted by molar-refractivity contribution is 5.93. The molecule has 0 radical (unpaired) electrons. The molecular formula is C27H37FN6O2. The average Bonchev–Trinajstić information content (AvgIpc) is 3.47. The molecule has 194 valence electrons. The van der Waals surface area contributed by atoms with E-state index in [9.17, 15) is 9.18 Å². The Labute approximate surface area is 212 Å². The second kappa shape index (κ2) is 10.9. The number of pyridine rings is 1. The lowest BCUT2D eigenvalue weighted by atomic mass is 10.00. The van der Waals surface area contributed by atoms with Crippen LogP contribution in [0, 0.1) is 25.6 Å². The van der Waals surface area contributed by atoms with Gasteiger partial charge >= 0.3 is 0 Å². The molecule has 9 heteroatoms. The summed E-state index contributed by atoms with van der Waals surface area (Å²) in [5.41, 5.74) is 8.29. The molecule has 0 saturated carbocycles. The van der Waals surface area contributed by atoms with Crippen molar-refractivity contribution in [3.8, 4) is 11.5 Å². The van der Waals surface area contributed by atoms with Crippen molar-refractivity contribution in [2.24, 2.45) is 11.7 Å². The molecule has 2 fully saturated rings. The summed E-state index contributed by atoms with van der Waals surface area (Å²) in [5, 5.41) is 4.75. The Morgan fingerprint density at radius 1 is 1.19 bits per heavy atom. The molecule has 2 aromatic heterocycles. The number of fused-ring (bicyclic) bond motifs is 1. The van der Waals surface area contributed by atoms with Crippen molar-refractivity contribution in [3.63, 3.8) is 0 Å². The second-order valence-electron chi connectivity index (χ2n) is 10.1. The molecule has 5 rings (SSSR count). The number of anilines is 1. The van der Waals surface area contributed by atoms with Crippen molar-refractivity contribution in [1.82, 2.24) is 20.0 Å². The lowest BCUT2D eigenvalue weighted by molar-refractivity contribution is -0.123. The first kappa shape index (κ1) is 26.0. The van der Waals surface area contributed by atoms with Gasteiger partial charge in [0, 0.05) is 18.5 Å². The van der Waals surface area contributed by atoms with Gasteiger partial charge in [0.05, 0.1) is 11.6 Å². The van der Waals surface area contributed by atoms with Crippen LogP contribution < -0.4 is 10.6 Å². The number of aryl methyl sites for hydroxylation is 3. The number of carbonyl (C=O) groups excluding carboxylic acids is 1. The summed E-state index contributed by atoms with van der Waals surface area (Å²) in [5.74, 6) is 1.90. The molecule has 3 aromatic rings. The first-order chi connectivity index (χ1) is 17.2. The zero-order chi connectivity index (χ0) is 26.0. The van der Waals surface area contributed by atoms with E-state index in [4.69, 9.17) is 15.2 Å². The van der Waals surface area contributed by atoms with Gasteiger partial charge in [-0.15, -0.1) is 0 Å². The number of benzene rings is 1. The maximum atomic E-state index is 14.8. The Balaban J connectivity index is 0.000000256. The number of halogens is 1. The molecule has 0 spiro atoms. The van der Waals surface area contributed by atoms with Gasteiger partial charge in [-0.1, -0.05) is 25.4 Å². The SMILES string of the molecule is CCc1cc(F)c2nc(N3CCC(C)C3)c(-c3nc(C)no3)c(C)c2c1.CN1CCCCC1C(N)=O. The molecule has 1 amide bonds. The van der Waals surface area contributed by atoms with E-state index in [-0.39, 0.29) is 17.8 Å². The van der Waals surface area contributed by atoms with Gasteiger partial charge in [0.15, 0.2) is 5.82 Å². The molecule has 1 aromatic carbocycles. The van der Waals surface area contributed by atoms with E-state index in [1.54, 1.807) is 13.0 Å². The van der Waals surface area contributed by atoms with Crippen molar-refractivity contribution in [1.29, 1.82) is 0 Å². The monoisotopic (exact) mass is 496 g/mol. The number of rotatable bonds is 4. The number of hydrogen-bond donors (Lipinski definition) is 1. The number of piperidine rings is 1. The van der Waals surface area contributed by atoms with Crippen molar-refractivity contribution in [2.45, 2.75) is 65.8 Å². The molecule has 36 heavy (non-hydrogen) atoms. The summed E-state index contributed by atoms with van der Waals surface area (Å²) >= 11 is 0. The molecule has 4 heterocycles. The maximum Gasteiger partial charge on any atom is 0.261 e. The minimum atomic E-state index is -0.274. The summed E-state index contributed by atoms with van der Waals surface area (Å²) < 4.78 is 20.2. The van der Waals surface area contributed by atoms with E-state index >= 15 is 0 Å². The minimum absolute atomic E-state index is 0.00579. The highest BCUT2D eigenvalue weighted by atomic mass is 19.1. The van der Waals surface area contributed by atoms with E-state index < -0.39 is 0 Å². The number of likely N-dealkylation sites (N-methyl/N-ethyl adjacent to an activating group) is 1. The van der Waals surface area contributed by atoms with Crippen molar-refractivity contribution in [3.05, 3.63) is 34.9 Å². The normalized spacial score (nSPS) is 20.4. The van der Waals surface area contributed by atoms with Crippen LogP contribution >= 0.6 is 0 Å². The van der Waals surface area contributed by atoms with Gasteiger partial charge in [0.25, 0.3) is 5.89 Å². The smallest absolute Gasteiger partial charge is 0.261 e. The van der Waals surface area contributed by atoms with E-state index in [1.807, 2.05) is 31.9 Å². The number of aromatic nitrogens is 3. The van der Waals surface area contributed by atoms with Gasteiger partial charge in [-0.2, -0.15) is 4.98 Å². The molecule has 2 unspecified atom stereocenters. The van der Waals surface area contributed by atoms with Gasteiger partial charge in [-0.3, -0.25) is 9.69 Å². The van der Waals surface area contributed by atoms with Crippen LogP contribution in [0.3, 0.4) is 0 Å². The summed E-state index contributed by atoms with van der Waals surface area (Å²) in [6.07, 6.45) is 5.13. The number of nitrogens with two attached hydrogens (primary N) is 1. The first-order valence-electron chi connectivity index (χ1n) is 12.9. The third-order valence-corrected chi connectivity index (χ3v) is 7.32.